The number of fused-ring (bicyclic) bond motifs is 1. The molecule has 1 fully saturated rings. The average Bonchev–Trinajstić information content (AvgIpc) is 2.77. The number of hydrogen-bond donors (Lipinski definition) is 0. The second-order valence-electron chi connectivity index (χ2n) is 5.58. The van der Waals surface area contributed by atoms with Crippen LogP contribution >= 0.6 is 0 Å². The summed E-state index contributed by atoms with van der Waals surface area (Å²) in [6, 6.07) is 11.8. The molecule has 1 aliphatic heterocycles. The van der Waals surface area contributed by atoms with Gasteiger partial charge >= 0.3 is 0 Å². The Labute approximate surface area is 109 Å². The molecule has 0 saturated heterocycles. The Bertz CT molecular complexity index is 460. The van der Waals surface area contributed by atoms with E-state index in [0.29, 0.717) is 6.04 Å². The zero-order chi connectivity index (χ0) is 12.4. The van der Waals surface area contributed by atoms with Gasteiger partial charge in [-0.2, -0.15) is 5.26 Å². The molecule has 1 aromatic rings. The molecule has 94 valence electrons. The molecule has 2 nitrogen and oxygen atoms in total. The molecular weight excluding hydrogens is 220 g/mol. The molecule has 2 aliphatic rings. The lowest BCUT2D eigenvalue weighted by atomic mass is 10.0. The van der Waals surface area contributed by atoms with Gasteiger partial charge in [-0.05, 0) is 43.4 Å². The Morgan fingerprint density at radius 3 is 2.78 bits per heavy atom. The molecule has 2 unspecified atom stereocenters. The van der Waals surface area contributed by atoms with Gasteiger partial charge in [0, 0.05) is 12.6 Å². The highest BCUT2D eigenvalue weighted by atomic mass is 15.2. The zero-order valence-corrected chi connectivity index (χ0v) is 10.8. The van der Waals surface area contributed by atoms with Crippen molar-refractivity contribution >= 4 is 0 Å². The highest BCUT2D eigenvalue weighted by molar-refractivity contribution is 5.28. The molecule has 0 bridgehead atoms. The first kappa shape index (κ1) is 11.7. The van der Waals surface area contributed by atoms with Crippen LogP contribution in [0, 0.1) is 17.2 Å². The van der Waals surface area contributed by atoms with Crippen LogP contribution in [0.2, 0.25) is 0 Å². The van der Waals surface area contributed by atoms with Crippen LogP contribution in [0.5, 0.6) is 0 Å². The quantitative estimate of drug-likeness (QED) is 0.754. The van der Waals surface area contributed by atoms with Crippen molar-refractivity contribution in [3.05, 3.63) is 35.4 Å². The standard InChI is InChI=1S/C16H20N2/c17-11-14-7-3-9-16(14)18-10-4-8-13-5-1-2-6-15(13)12-18/h1-2,5-6,14,16H,3-4,7-10,12H2. The molecule has 3 rings (SSSR count). The molecule has 0 aromatic heterocycles. The summed E-state index contributed by atoms with van der Waals surface area (Å²) in [7, 11) is 0. The minimum absolute atomic E-state index is 0.260. The molecule has 0 radical (unpaired) electrons. The first-order valence-electron chi connectivity index (χ1n) is 7.09. The van der Waals surface area contributed by atoms with Crippen LogP contribution < -0.4 is 0 Å². The zero-order valence-electron chi connectivity index (χ0n) is 10.8. The fraction of sp³-hybridized carbons (Fsp3) is 0.562. The Hall–Kier alpha value is -1.33. The van der Waals surface area contributed by atoms with Gasteiger partial charge in [0.2, 0.25) is 0 Å². The van der Waals surface area contributed by atoms with Crippen molar-refractivity contribution in [2.45, 2.75) is 44.7 Å². The van der Waals surface area contributed by atoms with Crippen LogP contribution in [0.15, 0.2) is 24.3 Å². The smallest absolute Gasteiger partial charge is 0.0672 e. The highest BCUT2D eigenvalue weighted by Crippen LogP contribution is 2.32. The van der Waals surface area contributed by atoms with Crippen LogP contribution in [0.4, 0.5) is 0 Å². The monoisotopic (exact) mass is 240 g/mol. The van der Waals surface area contributed by atoms with Crippen LogP contribution in [0.25, 0.3) is 0 Å². The first-order valence-corrected chi connectivity index (χ1v) is 7.09. The molecule has 1 aliphatic carbocycles. The van der Waals surface area contributed by atoms with E-state index in [9.17, 15) is 5.26 Å². The predicted molar refractivity (Wildman–Crippen MR) is 71.9 cm³/mol. The number of benzene rings is 1. The van der Waals surface area contributed by atoms with E-state index >= 15 is 0 Å². The van der Waals surface area contributed by atoms with Gasteiger partial charge in [0.15, 0.2) is 0 Å². The number of rotatable bonds is 1. The van der Waals surface area contributed by atoms with Gasteiger partial charge < -0.3 is 0 Å². The Balaban J connectivity index is 1.81. The Kier molecular flexibility index (Phi) is 3.34. The van der Waals surface area contributed by atoms with E-state index in [1.54, 1.807) is 0 Å². The van der Waals surface area contributed by atoms with Crippen LogP contribution in [0.1, 0.15) is 36.8 Å². The summed E-state index contributed by atoms with van der Waals surface area (Å²) in [5, 5.41) is 9.26. The van der Waals surface area contributed by atoms with Gasteiger partial charge in [0.1, 0.15) is 0 Å². The molecule has 0 N–H and O–H groups in total. The molecule has 1 heterocycles. The minimum Gasteiger partial charge on any atom is -0.295 e. The third kappa shape index (κ3) is 2.15. The van der Waals surface area contributed by atoms with E-state index in [2.05, 4.69) is 35.2 Å². The number of hydrogen-bond acceptors (Lipinski definition) is 2. The molecule has 2 atom stereocenters. The van der Waals surface area contributed by atoms with Crippen molar-refractivity contribution in [2.24, 2.45) is 5.92 Å². The van der Waals surface area contributed by atoms with E-state index in [4.69, 9.17) is 0 Å². The summed E-state index contributed by atoms with van der Waals surface area (Å²) in [5.74, 6) is 0.260. The molecule has 0 spiro atoms. The summed E-state index contributed by atoms with van der Waals surface area (Å²) >= 11 is 0. The fourth-order valence-corrected chi connectivity index (χ4v) is 3.54. The normalized spacial score (nSPS) is 28.4. The summed E-state index contributed by atoms with van der Waals surface area (Å²) in [5.41, 5.74) is 2.98. The van der Waals surface area contributed by atoms with Crippen LogP contribution in [-0.2, 0) is 13.0 Å². The lowest BCUT2D eigenvalue weighted by Gasteiger charge is -2.29. The topological polar surface area (TPSA) is 27.0 Å². The predicted octanol–water partition coefficient (Wildman–Crippen LogP) is 3.13. The van der Waals surface area contributed by atoms with Gasteiger partial charge in [0.05, 0.1) is 12.0 Å². The molecule has 1 saturated carbocycles. The third-order valence-corrected chi connectivity index (χ3v) is 4.50. The largest absolute Gasteiger partial charge is 0.295 e. The van der Waals surface area contributed by atoms with Gasteiger partial charge in [-0.1, -0.05) is 30.7 Å². The van der Waals surface area contributed by atoms with Crippen LogP contribution in [0.3, 0.4) is 0 Å². The number of nitrogens with zero attached hydrogens (tertiary/aromatic N) is 2. The molecule has 18 heavy (non-hydrogen) atoms. The van der Waals surface area contributed by atoms with Gasteiger partial charge in [-0.3, -0.25) is 4.90 Å². The maximum absolute atomic E-state index is 9.26. The molecular formula is C16H20N2. The SMILES string of the molecule is N#CC1CCCC1N1CCCc2ccccc2C1. The van der Waals surface area contributed by atoms with Gasteiger partial charge in [-0.25, -0.2) is 0 Å². The van der Waals surface area contributed by atoms with Crippen molar-refractivity contribution in [3.8, 4) is 6.07 Å². The van der Waals surface area contributed by atoms with E-state index in [-0.39, 0.29) is 5.92 Å². The summed E-state index contributed by atoms with van der Waals surface area (Å²) in [6.07, 6.45) is 5.95. The maximum atomic E-state index is 9.26. The van der Waals surface area contributed by atoms with E-state index in [1.165, 1.54) is 36.8 Å². The van der Waals surface area contributed by atoms with E-state index in [0.717, 1.165) is 19.5 Å². The maximum Gasteiger partial charge on any atom is 0.0672 e. The molecule has 1 aromatic carbocycles. The minimum atomic E-state index is 0.260. The molecule has 2 heteroatoms. The number of nitriles is 1. The highest BCUT2D eigenvalue weighted by Gasteiger charge is 2.32. The van der Waals surface area contributed by atoms with E-state index < -0.39 is 0 Å². The van der Waals surface area contributed by atoms with Gasteiger partial charge in [-0.15, -0.1) is 0 Å². The van der Waals surface area contributed by atoms with E-state index in [1.807, 2.05) is 0 Å². The summed E-state index contributed by atoms with van der Waals surface area (Å²) in [4.78, 5) is 2.56. The summed E-state index contributed by atoms with van der Waals surface area (Å²) in [6.45, 7) is 2.19. The Morgan fingerprint density at radius 2 is 1.94 bits per heavy atom. The van der Waals surface area contributed by atoms with Crippen molar-refractivity contribution in [1.29, 1.82) is 5.26 Å². The number of aryl methyl sites for hydroxylation is 1. The fourth-order valence-electron chi connectivity index (χ4n) is 3.54. The second kappa shape index (κ2) is 5.12. The van der Waals surface area contributed by atoms with Gasteiger partial charge in [0.25, 0.3) is 0 Å². The molecule has 0 amide bonds. The lowest BCUT2D eigenvalue weighted by Crippen LogP contribution is -2.37. The Morgan fingerprint density at radius 1 is 1.11 bits per heavy atom. The van der Waals surface area contributed by atoms with Crippen molar-refractivity contribution < 1.29 is 0 Å². The summed E-state index contributed by atoms with van der Waals surface area (Å²) < 4.78 is 0. The van der Waals surface area contributed by atoms with Crippen molar-refractivity contribution in [1.82, 2.24) is 4.90 Å². The van der Waals surface area contributed by atoms with Crippen molar-refractivity contribution in [3.63, 3.8) is 0 Å². The third-order valence-electron chi connectivity index (χ3n) is 4.50. The lowest BCUT2D eigenvalue weighted by molar-refractivity contribution is 0.172. The average molecular weight is 240 g/mol. The first-order chi connectivity index (χ1) is 8.88. The van der Waals surface area contributed by atoms with Crippen LogP contribution in [-0.4, -0.2) is 17.5 Å². The second-order valence-corrected chi connectivity index (χ2v) is 5.58. The van der Waals surface area contributed by atoms with Crippen molar-refractivity contribution in [2.75, 3.05) is 6.54 Å².